The van der Waals surface area contributed by atoms with Crippen LogP contribution in [-0.2, 0) is 9.47 Å². The van der Waals surface area contributed by atoms with E-state index in [2.05, 4.69) is 25.7 Å². The molecule has 0 unspecified atom stereocenters. The maximum absolute atomic E-state index is 5.06. The summed E-state index contributed by atoms with van der Waals surface area (Å²) < 4.78 is 10.1. The molecule has 85 valence electrons. The van der Waals surface area contributed by atoms with Crippen molar-refractivity contribution in [2.24, 2.45) is 5.41 Å². The van der Waals surface area contributed by atoms with Crippen LogP contribution in [0.25, 0.3) is 0 Å². The molecule has 0 spiro atoms. The Labute approximate surface area is 88.4 Å². The lowest BCUT2D eigenvalue weighted by molar-refractivity contribution is 0.0975. The van der Waals surface area contributed by atoms with Crippen LogP contribution in [0.5, 0.6) is 0 Å². The summed E-state index contributed by atoms with van der Waals surface area (Å²) in [6.07, 6.45) is 0. The number of ether oxygens (including phenoxy) is 2. The lowest BCUT2D eigenvalue weighted by Gasteiger charge is -2.29. The number of nitrogens with zero attached hydrogens (tertiary/aromatic N) is 1. The largest absolute Gasteiger partial charge is 0.383 e. The van der Waals surface area contributed by atoms with Crippen LogP contribution in [0.4, 0.5) is 0 Å². The van der Waals surface area contributed by atoms with Crippen LogP contribution in [0.15, 0.2) is 0 Å². The van der Waals surface area contributed by atoms with E-state index in [1.165, 1.54) is 0 Å². The van der Waals surface area contributed by atoms with E-state index in [1.807, 2.05) is 0 Å². The molecule has 0 aliphatic rings. The fourth-order valence-electron chi connectivity index (χ4n) is 1.32. The number of hydrogen-bond acceptors (Lipinski definition) is 3. The molecule has 0 amide bonds. The van der Waals surface area contributed by atoms with Gasteiger partial charge in [-0.2, -0.15) is 0 Å². The molecule has 0 aromatic carbocycles. The van der Waals surface area contributed by atoms with Gasteiger partial charge in [0.25, 0.3) is 0 Å². The van der Waals surface area contributed by atoms with Crippen LogP contribution < -0.4 is 0 Å². The van der Waals surface area contributed by atoms with E-state index in [9.17, 15) is 0 Å². The Balaban J connectivity index is 3.84. The summed E-state index contributed by atoms with van der Waals surface area (Å²) in [6, 6.07) is 0. The van der Waals surface area contributed by atoms with Gasteiger partial charge in [-0.15, -0.1) is 0 Å². The molecule has 0 N–H and O–H groups in total. The third kappa shape index (κ3) is 8.48. The van der Waals surface area contributed by atoms with E-state index < -0.39 is 0 Å². The second-order valence-electron chi connectivity index (χ2n) is 4.43. The number of methoxy groups -OCH3 is 2. The topological polar surface area (TPSA) is 21.7 Å². The highest BCUT2D eigenvalue weighted by atomic mass is 16.5. The van der Waals surface area contributed by atoms with Crippen molar-refractivity contribution >= 4 is 0 Å². The zero-order valence-electron chi connectivity index (χ0n) is 10.0. The standard InChI is InChI=1S/C11H24NO2/c1-11(2,3)10-12(6-8-13-4)7-9-14-5/h1,6-10H2,2-5H3. The maximum atomic E-state index is 5.06. The quantitative estimate of drug-likeness (QED) is 0.594. The van der Waals surface area contributed by atoms with Crippen molar-refractivity contribution in [1.82, 2.24) is 4.90 Å². The van der Waals surface area contributed by atoms with Crippen molar-refractivity contribution in [1.29, 1.82) is 0 Å². The minimum Gasteiger partial charge on any atom is -0.383 e. The van der Waals surface area contributed by atoms with Gasteiger partial charge in [-0.1, -0.05) is 13.8 Å². The predicted octanol–water partition coefficient (Wildman–Crippen LogP) is 1.44. The predicted molar refractivity (Wildman–Crippen MR) is 59.3 cm³/mol. The molecule has 0 bridgehead atoms. The third-order valence-corrected chi connectivity index (χ3v) is 1.87. The Morgan fingerprint density at radius 1 is 1.07 bits per heavy atom. The van der Waals surface area contributed by atoms with E-state index in [0.717, 1.165) is 32.8 Å². The Bertz CT molecular complexity index is 124. The molecule has 0 fully saturated rings. The van der Waals surface area contributed by atoms with Crippen molar-refractivity contribution in [3.63, 3.8) is 0 Å². The average Bonchev–Trinajstić information content (AvgIpc) is 2.07. The van der Waals surface area contributed by atoms with Crippen molar-refractivity contribution < 1.29 is 9.47 Å². The first kappa shape index (κ1) is 13.9. The molecular weight excluding hydrogens is 178 g/mol. The molecule has 0 aromatic heterocycles. The van der Waals surface area contributed by atoms with Gasteiger partial charge >= 0.3 is 0 Å². The van der Waals surface area contributed by atoms with Crippen LogP contribution in [0.3, 0.4) is 0 Å². The van der Waals surface area contributed by atoms with Gasteiger partial charge in [0, 0.05) is 33.9 Å². The molecule has 0 atom stereocenters. The van der Waals surface area contributed by atoms with Crippen LogP contribution in [0.1, 0.15) is 13.8 Å². The van der Waals surface area contributed by atoms with Crippen molar-refractivity contribution in [3.8, 4) is 0 Å². The molecule has 0 aromatic rings. The van der Waals surface area contributed by atoms with Gasteiger partial charge in [0.05, 0.1) is 13.2 Å². The molecule has 0 heterocycles. The Morgan fingerprint density at radius 3 is 1.79 bits per heavy atom. The van der Waals surface area contributed by atoms with Gasteiger partial charge in [-0.05, 0) is 12.3 Å². The minimum absolute atomic E-state index is 0.0848. The Hall–Kier alpha value is -0.120. The zero-order chi connectivity index (χ0) is 11.0. The number of rotatable bonds is 8. The summed E-state index contributed by atoms with van der Waals surface area (Å²) >= 11 is 0. The summed E-state index contributed by atoms with van der Waals surface area (Å²) in [7, 11) is 3.45. The van der Waals surface area contributed by atoms with Gasteiger partial charge in [0.2, 0.25) is 0 Å². The van der Waals surface area contributed by atoms with Crippen LogP contribution in [-0.4, -0.2) is 52.0 Å². The van der Waals surface area contributed by atoms with E-state index in [1.54, 1.807) is 14.2 Å². The first-order chi connectivity index (χ1) is 6.49. The Kier molecular flexibility index (Phi) is 7.15. The lowest BCUT2D eigenvalue weighted by atomic mass is 9.96. The highest BCUT2D eigenvalue weighted by Crippen LogP contribution is 2.14. The normalized spacial score (nSPS) is 12.4. The number of hydrogen-bond donors (Lipinski definition) is 0. The highest BCUT2D eigenvalue weighted by molar-refractivity contribution is 4.75. The molecule has 14 heavy (non-hydrogen) atoms. The molecule has 0 saturated heterocycles. The van der Waals surface area contributed by atoms with Gasteiger partial charge in [-0.25, -0.2) is 0 Å². The fourth-order valence-corrected chi connectivity index (χ4v) is 1.32. The highest BCUT2D eigenvalue weighted by Gasteiger charge is 2.15. The second-order valence-corrected chi connectivity index (χ2v) is 4.43. The van der Waals surface area contributed by atoms with Crippen LogP contribution in [0.2, 0.25) is 0 Å². The van der Waals surface area contributed by atoms with Crippen LogP contribution >= 0.6 is 0 Å². The molecule has 3 heteroatoms. The molecular formula is C11H24NO2. The second kappa shape index (κ2) is 7.21. The van der Waals surface area contributed by atoms with Gasteiger partial charge in [0.1, 0.15) is 0 Å². The maximum Gasteiger partial charge on any atom is 0.0589 e. The molecule has 3 nitrogen and oxygen atoms in total. The van der Waals surface area contributed by atoms with E-state index >= 15 is 0 Å². The molecule has 0 rings (SSSR count). The smallest absolute Gasteiger partial charge is 0.0589 e. The summed E-state index contributed by atoms with van der Waals surface area (Å²) in [6.45, 7) is 12.8. The van der Waals surface area contributed by atoms with Crippen molar-refractivity contribution in [2.75, 3.05) is 47.1 Å². The SMILES string of the molecule is [CH2]C(C)(C)CN(CCOC)CCOC. The first-order valence-electron chi connectivity index (χ1n) is 5.05. The van der Waals surface area contributed by atoms with E-state index in [4.69, 9.17) is 9.47 Å². The zero-order valence-corrected chi connectivity index (χ0v) is 10.0. The molecule has 0 aliphatic heterocycles. The minimum atomic E-state index is 0.0848. The average molecular weight is 202 g/mol. The van der Waals surface area contributed by atoms with Gasteiger partial charge in [0.15, 0.2) is 0 Å². The third-order valence-electron chi connectivity index (χ3n) is 1.87. The van der Waals surface area contributed by atoms with Crippen molar-refractivity contribution in [2.45, 2.75) is 13.8 Å². The monoisotopic (exact) mass is 202 g/mol. The van der Waals surface area contributed by atoms with E-state index in [0.29, 0.717) is 0 Å². The van der Waals surface area contributed by atoms with Gasteiger partial charge < -0.3 is 9.47 Å². The molecule has 0 aliphatic carbocycles. The van der Waals surface area contributed by atoms with Crippen molar-refractivity contribution in [3.05, 3.63) is 6.92 Å². The van der Waals surface area contributed by atoms with Crippen LogP contribution in [0, 0.1) is 12.3 Å². The molecule has 0 saturated carbocycles. The summed E-state index contributed by atoms with van der Waals surface area (Å²) in [5.41, 5.74) is 0.0848. The lowest BCUT2D eigenvalue weighted by Crippen LogP contribution is -2.37. The van der Waals surface area contributed by atoms with E-state index in [-0.39, 0.29) is 5.41 Å². The van der Waals surface area contributed by atoms with Gasteiger partial charge in [-0.3, -0.25) is 4.90 Å². The summed E-state index contributed by atoms with van der Waals surface area (Å²) in [4.78, 5) is 2.32. The molecule has 1 radical (unpaired) electrons. The summed E-state index contributed by atoms with van der Waals surface area (Å²) in [5.74, 6) is 0. The first-order valence-corrected chi connectivity index (χ1v) is 5.05. The fraction of sp³-hybridized carbons (Fsp3) is 0.909. The Morgan fingerprint density at radius 2 is 1.50 bits per heavy atom. The summed E-state index contributed by atoms with van der Waals surface area (Å²) in [5, 5.41) is 0.